The first-order valence-electron chi connectivity index (χ1n) is 9.25. The summed E-state index contributed by atoms with van der Waals surface area (Å²) in [6, 6.07) is 15.3. The minimum absolute atomic E-state index is 0.179. The van der Waals surface area contributed by atoms with E-state index < -0.39 is 5.60 Å². The highest BCUT2D eigenvalue weighted by Crippen LogP contribution is 2.33. The third kappa shape index (κ3) is 3.61. The maximum Gasteiger partial charge on any atom is 0.146 e. The highest BCUT2D eigenvalue weighted by Gasteiger charge is 2.37. The zero-order valence-corrected chi connectivity index (χ0v) is 14.9. The van der Waals surface area contributed by atoms with Crippen LogP contribution >= 0.6 is 0 Å². The van der Waals surface area contributed by atoms with Crippen LogP contribution in [0.4, 0.5) is 10.1 Å². The van der Waals surface area contributed by atoms with Gasteiger partial charge >= 0.3 is 0 Å². The Balaban J connectivity index is 1.42. The van der Waals surface area contributed by atoms with Gasteiger partial charge in [0.25, 0.3) is 0 Å². The number of ether oxygens (including phenoxy) is 1. The molecule has 2 aromatic carbocycles. The second-order valence-electron chi connectivity index (χ2n) is 7.24. The minimum Gasteiger partial charge on any atom is -0.384 e. The fourth-order valence-electron chi connectivity index (χ4n) is 3.96. The molecule has 0 bridgehead atoms. The van der Waals surface area contributed by atoms with Crippen molar-refractivity contribution in [3.63, 3.8) is 0 Å². The molecular formula is C21H25FN2O2. The number of benzene rings is 2. The van der Waals surface area contributed by atoms with Crippen molar-refractivity contribution in [1.29, 1.82) is 0 Å². The molecule has 0 aliphatic carbocycles. The van der Waals surface area contributed by atoms with Crippen LogP contribution in [0.2, 0.25) is 0 Å². The first-order valence-corrected chi connectivity index (χ1v) is 9.25. The summed E-state index contributed by atoms with van der Waals surface area (Å²) in [6.07, 6.45) is 0.700. The third-order valence-corrected chi connectivity index (χ3v) is 5.41. The van der Waals surface area contributed by atoms with Crippen LogP contribution in [-0.4, -0.2) is 49.4 Å². The Morgan fingerprint density at radius 3 is 2.54 bits per heavy atom. The first kappa shape index (κ1) is 17.5. The van der Waals surface area contributed by atoms with E-state index in [1.807, 2.05) is 47.4 Å². The van der Waals surface area contributed by atoms with Gasteiger partial charge in [0.2, 0.25) is 0 Å². The summed E-state index contributed by atoms with van der Waals surface area (Å²) in [5.74, 6) is -0.179. The molecule has 0 radical (unpaired) electrons. The molecule has 1 atom stereocenters. The number of hydrogen-bond donors (Lipinski definition) is 1. The van der Waals surface area contributed by atoms with Gasteiger partial charge in [-0.2, -0.15) is 0 Å². The molecule has 1 N–H and O–H groups in total. The topological polar surface area (TPSA) is 35.9 Å². The summed E-state index contributed by atoms with van der Waals surface area (Å²) in [4.78, 5) is 4.22. The van der Waals surface area contributed by atoms with E-state index in [1.165, 1.54) is 0 Å². The van der Waals surface area contributed by atoms with Crippen molar-refractivity contribution in [2.45, 2.75) is 18.6 Å². The average Bonchev–Trinajstić information content (AvgIpc) is 3.05. The number of aliphatic hydroxyl groups is 1. The van der Waals surface area contributed by atoms with Gasteiger partial charge in [0.05, 0.1) is 18.9 Å². The fraction of sp³-hybridized carbons (Fsp3) is 0.429. The number of hydrogen-bond acceptors (Lipinski definition) is 4. The summed E-state index contributed by atoms with van der Waals surface area (Å²) in [7, 11) is 0. The second-order valence-corrected chi connectivity index (χ2v) is 7.24. The minimum atomic E-state index is -0.812. The standard InChI is InChI=1S/C21H25FN2O2/c22-19-14-17(6-7-20(19)24-10-12-26-13-11-24)15-23-9-8-21(25,16-23)18-4-2-1-3-5-18/h1-7,14,25H,8-13,15-16H2/t21-/m0/s1. The third-order valence-electron chi connectivity index (χ3n) is 5.41. The normalized spacial score (nSPS) is 24.2. The van der Waals surface area contributed by atoms with Crippen molar-refractivity contribution in [2.75, 3.05) is 44.3 Å². The van der Waals surface area contributed by atoms with E-state index in [9.17, 15) is 9.50 Å². The van der Waals surface area contributed by atoms with Crippen molar-refractivity contribution < 1.29 is 14.2 Å². The maximum absolute atomic E-state index is 14.6. The van der Waals surface area contributed by atoms with E-state index in [1.54, 1.807) is 6.07 Å². The van der Waals surface area contributed by atoms with Crippen molar-refractivity contribution in [3.8, 4) is 0 Å². The largest absolute Gasteiger partial charge is 0.384 e. The molecule has 0 amide bonds. The van der Waals surface area contributed by atoms with Gasteiger partial charge in [-0.15, -0.1) is 0 Å². The Bertz CT molecular complexity index is 749. The molecule has 5 heteroatoms. The highest BCUT2D eigenvalue weighted by atomic mass is 19.1. The van der Waals surface area contributed by atoms with Crippen LogP contribution < -0.4 is 4.90 Å². The lowest BCUT2D eigenvalue weighted by Gasteiger charge is -2.29. The van der Waals surface area contributed by atoms with Crippen molar-refractivity contribution >= 4 is 5.69 Å². The number of likely N-dealkylation sites (tertiary alicyclic amines) is 1. The molecule has 2 heterocycles. The van der Waals surface area contributed by atoms with Gasteiger partial charge in [-0.05, 0) is 29.7 Å². The van der Waals surface area contributed by atoms with Crippen LogP contribution in [0.25, 0.3) is 0 Å². The summed E-state index contributed by atoms with van der Waals surface area (Å²) < 4.78 is 19.9. The zero-order chi connectivity index (χ0) is 18.0. The van der Waals surface area contributed by atoms with E-state index in [-0.39, 0.29) is 5.82 Å². The lowest BCUT2D eigenvalue weighted by molar-refractivity contribution is 0.0453. The van der Waals surface area contributed by atoms with Crippen LogP contribution in [0.15, 0.2) is 48.5 Å². The van der Waals surface area contributed by atoms with Crippen LogP contribution in [0.3, 0.4) is 0 Å². The number of β-amino-alcohol motifs (C(OH)–C–C–N with tert-alkyl or cyclic N) is 1. The molecule has 0 aromatic heterocycles. The van der Waals surface area contributed by atoms with Crippen LogP contribution in [0, 0.1) is 5.82 Å². The van der Waals surface area contributed by atoms with E-state index in [0.717, 1.165) is 30.8 Å². The molecule has 2 aromatic rings. The van der Waals surface area contributed by atoms with Crippen molar-refractivity contribution in [3.05, 3.63) is 65.5 Å². The number of anilines is 1. The molecule has 0 saturated carbocycles. The summed E-state index contributed by atoms with van der Waals surface area (Å²) >= 11 is 0. The predicted molar refractivity (Wildman–Crippen MR) is 99.7 cm³/mol. The van der Waals surface area contributed by atoms with E-state index >= 15 is 0 Å². The lowest BCUT2D eigenvalue weighted by atomic mass is 9.93. The Morgan fingerprint density at radius 2 is 1.81 bits per heavy atom. The Labute approximate surface area is 153 Å². The van der Waals surface area contributed by atoms with Gasteiger partial charge in [-0.1, -0.05) is 36.4 Å². The van der Waals surface area contributed by atoms with Gasteiger partial charge < -0.3 is 14.7 Å². The van der Waals surface area contributed by atoms with Gasteiger partial charge in [-0.25, -0.2) is 4.39 Å². The number of nitrogens with zero attached hydrogens (tertiary/aromatic N) is 2. The Hall–Kier alpha value is -1.95. The summed E-state index contributed by atoms with van der Waals surface area (Å²) in [6.45, 7) is 4.77. The maximum atomic E-state index is 14.6. The predicted octanol–water partition coefficient (Wildman–Crippen LogP) is 2.76. The number of morpholine rings is 1. The van der Waals surface area contributed by atoms with Gasteiger partial charge in [-0.3, -0.25) is 4.90 Å². The zero-order valence-electron chi connectivity index (χ0n) is 14.9. The van der Waals surface area contributed by atoms with Crippen LogP contribution in [0.1, 0.15) is 17.5 Å². The Kier molecular flexibility index (Phi) is 4.94. The van der Waals surface area contributed by atoms with Crippen LogP contribution in [-0.2, 0) is 16.9 Å². The lowest BCUT2D eigenvalue weighted by Crippen LogP contribution is -2.36. The van der Waals surface area contributed by atoms with Crippen molar-refractivity contribution in [2.24, 2.45) is 0 Å². The first-order chi connectivity index (χ1) is 12.6. The van der Waals surface area contributed by atoms with Gasteiger partial charge in [0, 0.05) is 32.7 Å². The molecule has 2 fully saturated rings. The molecule has 2 aliphatic rings. The second kappa shape index (κ2) is 7.35. The highest BCUT2D eigenvalue weighted by molar-refractivity contribution is 5.49. The van der Waals surface area contributed by atoms with Crippen molar-refractivity contribution in [1.82, 2.24) is 4.90 Å². The quantitative estimate of drug-likeness (QED) is 0.914. The average molecular weight is 356 g/mol. The van der Waals surface area contributed by atoms with E-state index in [0.29, 0.717) is 38.4 Å². The monoisotopic (exact) mass is 356 g/mol. The van der Waals surface area contributed by atoms with E-state index in [2.05, 4.69) is 4.90 Å². The van der Waals surface area contributed by atoms with Gasteiger partial charge in [0.15, 0.2) is 0 Å². The number of rotatable bonds is 4. The molecule has 2 aliphatic heterocycles. The molecule has 4 rings (SSSR count). The van der Waals surface area contributed by atoms with Crippen LogP contribution in [0.5, 0.6) is 0 Å². The molecule has 26 heavy (non-hydrogen) atoms. The molecular weight excluding hydrogens is 331 g/mol. The summed E-state index contributed by atoms with van der Waals surface area (Å²) in [5, 5.41) is 10.9. The molecule has 2 saturated heterocycles. The fourth-order valence-corrected chi connectivity index (χ4v) is 3.96. The molecule has 4 nitrogen and oxygen atoms in total. The van der Waals surface area contributed by atoms with E-state index in [4.69, 9.17) is 4.74 Å². The SMILES string of the molecule is O[C@@]1(c2ccccc2)CCN(Cc2ccc(N3CCOCC3)c(F)c2)C1. The van der Waals surface area contributed by atoms with Gasteiger partial charge in [0.1, 0.15) is 11.4 Å². The molecule has 0 unspecified atom stereocenters. The number of halogens is 1. The smallest absolute Gasteiger partial charge is 0.146 e. The Morgan fingerprint density at radius 1 is 1.04 bits per heavy atom. The summed E-state index contributed by atoms with van der Waals surface area (Å²) in [5.41, 5.74) is 1.74. The molecule has 0 spiro atoms. The molecule has 138 valence electrons.